The molecule has 3 aromatic carbocycles. The van der Waals surface area contributed by atoms with E-state index in [0.717, 1.165) is 16.8 Å². The Balaban J connectivity index is 1.52. The van der Waals surface area contributed by atoms with Crippen molar-refractivity contribution in [3.05, 3.63) is 84.4 Å². The summed E-state index contributed by atoms with van der Waals surface area (Å²) >= 11 is 0. The number of rotatable bonds is 6. The molecule has 6 heteroatoms. The van der Waals surface area contributed by atoms with Gasteiger partial charge in [-0.15, -0.1) is 10.2 Å². The van der Waals surface area contributed by atoms with Crippen LogP contribution in [-0.2, 0) is 4.79 Å². The van der Waals surface area contributed by atoms with Crippen molar-refractivity contribution in [2.45, 2.75) is 20.0 Å². The fraction of sp³-hybridized carbons (Fsp3) is 0.125. The van der Waals surface area contributed by atoms with Crippen molar-refractivity contribution < 1.29 is 13.9 Å². The minimum absolute atomic E-state index is 0.245. The number of carbonyl (C=O) groups is 1. The summed E-state index contributed by atoms with van der Waals surface area (Å²) in [5.41, 5.74) is 3.26. The molecule has 1 aromatic heterocycles. The topological polar surface area (TPSA) is 77.2 Å². The van der Waals surface area contributed by atoms with Gasteiger partial charge in [0.2, 0.25) is 5.89 Å². The van der Waals surface area contributed by atoms with E-state index in [1.165, 1.54) is 0 Å². The molecular formula is C24H21N3O3. The molecule has 0 aliphatic rings. The Morgan fingerprint density at radius 1 is 0.933 bits per heavy atom. The molecule has 0 unspecified atom stereocenters. The minimum atomic E-state index is -0.719. The number of carbonyl (C=O) groups excluding carboxylic acids is 1. The summed E-state index contributed by atoms with van der Waals surface area (Å²) in [5, 5.41) is 11.2. The van der Waals surface area contributed by atoms with Crippen LogP contribution in [0.2, 0.25) is 0 Å². The fourth-order valence-corrected chi connectivity index (χ4v) is 2.99. The van der Waals surface area contributed by atoms with E-state index >= 15 is 0 Å². The first-order chi connectivity index (χ1) is 14.6. The van der Waals surface area contributed by atoms with Crippen molar-refractivity contribution in [3.8, 4) is 28.7 Å². The molecule has 0 fully saturated rings. The number of para-hydroxylation sites is 1. The number of amides is 1. The number of aryl methyl sites for hydroxylation is 1. The van der Waals surface area contributed by atoms with Crippen LogP contribution in [-0.4, -0.2) is 22.2 Å². The van der Waals surface area contributed by atoms with E-state index < -0.39 is 6.10 Å². The number of nitrogens with one attached hydrogen (secondary N) is 1. The van der Waals surface area contributed by atoms with Crippen LogP contribution in [0.3, 0.4) is 0 Å². The highest BCUT2D eigenvalue weighted by atomic mass is 16.5. The standard InChI is InChI=1S/C24H21N3O3/c1-16-9-8-12-19(15-16)25-22(28)17(2)29-21-14-7-6-13-20(21)24-27-26-23(30-24)18-10-4-3-5-11-18/h3-15,17H,1-2H3,(H,25,28)/t17-/m1/s1. The summed E-state index contributed by atoms with van der Waals surface area (Å²) in [7, 11) is 0. The molecule has 150 valence electrons. The Bertz CT molecular complexity index is 1160. The second-order valence-electron chi connectivity index (χ2n) is 6.89. The quantitative estimate of drug-likeness (QED) is 0.487. The molecule has 1 heterocycles. The molecule has 1 amide bonds. The molecule has 6 nitrogen and oxygen atoms in total. The average Bonchev–Trinajstić information content (AvgIpc) is 3.25. The zero-order valence-corrected chi connectivity index (χ0v) is 16.7. The summed E-state index contributed by atoms with van der Waals surface area (Å²) in [6, 6.07) is 24.4. The third-order valence-electron chi connectivity index (χ3n) is 4.52. The summed E-state index contributed by atoms with van der Waals surface area (Å²) in [6.07, 6.45) is -0.719. The maximum atomic E-state index is 12.6. The highest BCUT2D eigenvalue weighted by Crippen LogP contribution is 2.31. The van der Waals surface area contributed by atoms with Crippen molar-refractivity contribution in [3.63, 3.8) is 0 Å². The Kier molecular flexibility index (Phi) is 5.57. The Labute approximate surface area is 174 Å². The van der Waals surface area contributed by atoms with Gasteiger partial charge >= 0.3 is 0 Å². The van der Waals surface area contributed by atoms with E-state index in [1.807, 2.05) is 79.7 Å². The predicted octanol–water partition coefficient (Wildman–Crippen LogP) is 5.12. The fourth-order valence-electron chi connectivity index (χ4n) is 2.99. The lowest BCUT2D eigenvalue weighted by Crippen LogP contribution is -2.30. The average molecular weight is 399 g/mol. The van der Waals surface area contributed by atoms with E-state index in [-0.39, 0.29) is 5.91 Å². The maximum Gasteiger partial charge on any atom is 0.265 e. The summed E-state index contributed by atoms with van der Waals surface area (Å²) in [5.74, 6) is 1.000. The second kappa shape index (κ2) is 8.61. The maximum absolute atomic E-state index is 12.6. The van der Waals surface area contributed by atoms with Crippen molar-refractivity contribution in [2.75, 3.05) is 5.32 Å². The second-order valence-corrected chi connectivity index (χ2v) is 6.89. The normalized spacial score (nSPS) is 11.7. The molecule has 4 rings (SSSR count). The predicted molar refractivity (Wildman–Crippen MR) is 115 cm³/mol. The van der Waals surface area contributed by atoms with E-state index in [9.17, 15) is 4.79 Å². The van der Waals surface area contributed by atoms with Crippen LogP contribution in [0.1, 0.15) is 12.5 Å². The molecule has 0 saturated heterocycles. The van der Waals surface area contributed by atoms with Gasteiger partial charge in [0.1, 0.15) is 5.75 Å². The lowest BCUT2D eigenvalue weighted by molar-refractivity contribution is -0.122. The van der Waals surface area contributed by atoms with Gasteiger partial charge in [-0.25, -0.2) is 0 Å². The van der Waals surface area contributed by atoms with Gasteiger partial charge in [0.05, 0.1) is 5.56 Å². The first kappa shape index (κ1) is 19.4. The first-order valence-corrected chi connectivity index (χ1v) is 9.62. The molecule has 0 bridgehead atoms. The van der Waals surface area contributed by atoms with E-state index in [2.05, 4.69) is 15.5 Å². The lowest BCUT2D eigenvalue weighted by atomic mass is 10.2. The molecule has 0 saturated carbocycles. The molecular weight excluding hydrogens is 378 g/mol. The third kappa shape index (κ3) is 4.38. The van der Waals surface area contributed by atoms with Crippen molar-refractivity contribution >= 4 is 11.6 Å². The molecule has 4 aromatic rings. The Morgan fingerprint density at radius 3 is 2.47 bits per heavy atom. The summed E-state index contributed by atoms with van der Waals surface area (Å²) < 4.78 is 11.8. The van der Waals surface area contributed by atoms with Crippen LogP contribution < -0.4 is 10.1 Å². The van der Waals surface area contributed by atoms with E-state index in [0.29, 0.717) is 23.1 Å². The van der Waals surface area contributed by atoms with Crippen LogP contribution in [0.5, 0.6) is 5.75 Å². The van der Waals surface area contributed by atoms with Crippen LogP contribution in [0.15, 0.2) is 83.3 Å². The van der Waals surface area contributed by atoms with Crippen LogP contribution >= 0.6 is 0 Å². The van der Waals surface area contributed by atoms with Crippen LogP contribution in [0.25, 0.3) is 22.9 Å². The van der Waals surface area contributed by atoms with Crippen molar-refractivity contribution in [1.82, 2.24) is 10.2 Å². The van der Waals surface area contributed by atoms with Gasteiger partial charge in [-0.05, 0) is 55.8 Å². The van der Waals surface area contributed by atoms with E-state index in [4.69, 9.17) is 9.15 Å². The number of anilines is 1. The van der Waals surface area contributed by atoms with Gasteiger partial charge < -0.3 is 14.5 Å². The van der Waals surface area contributed by atoms with Gasteiger partial charge in [-0.2, -0.15) is 0 Å². The monoisotopic (exact) mass is 399 g/mol. The zero-order chi connectivity index (χ0) is 20.9. The number of hydrogen-bond donors (Lipinski definition) is 1. The molecule has 1 N–H and O–H groups in total. The van der Waals surface area contributed by atoms with Crippen LogP contribution in [0.4, 0.5) is 5.69 Å². The SMILES string of the molecule is Cc1cccc(NC(=O)[C@@H](C)Oc2ccccc2-c2nnc(-c3ccccc3)o2)c1. The molecule has 0 aliphatic heterocycles. The Morgan fingerprint density at radius 2 is 1.67 bits per heavy atom. The summed E-state index contributed by atoms with van der Waals surface area (Å²) in [4.78, 5) is 12.6. The number of aromatic nitrogens is 2. The molecule has 0 radical (unpaired) electrons. The van der Waals surface area contributed by atoms with Crippen molar-refractivity contribution in [1.29, 1.82) is 0 Å². The van der Waals surface area contributed by atoms with Gasteiger partial charge in [0.15, 0.2) is 6.10 Å². The van der Waals surface area contributed by atoms with Gasteiger partial charge in [-0.3, -0.25) is 4.79 Å². The highest BCUT2D eigenvalue weighted by molar-refractivity contribution is 5.94. The molecule has 1 atom stereocenters. The van der Waals surface area contributed by atoms with Crippen LogP contribution in [0, 0.1) is 6.92 Å². The smallest absolute Gasteiger partial charge is 0.265 e. The molecule has 0 spiro atoms. The lowest BCUT2D eigenvalue weighted by Gasteiger charge is -2.16. The zero-order valence-electron chi connectivity index (χ0n) is 16.7. The van der Waals surface area contributed by atoms with E-state index in [1.54, 1.807) is 13.0 Å². The molecule has 0 aliphatic carbocycles. The minimum Gasteiger partial charge on any atom is -0.480 e. The highest BCUT2D eigenvalue weighted by Gasteiger charge is 2.19. The number of ether oxygens (including phenoxy) is 1. The Hall–Kier alpha value is -3.93. The number of hydrogen-bond acceptors (Lipinski definition) is 5. The number of nitrogens with zero attached hydrogens (tertiary/aromatic N) is 2. The third-order valence-corrected chi connectivity index (χ3v) is 4.52. The van der Waals surface area contributed by atoms with Gasteiger partial charge in [0, 0.05) is 11.3 Å². The van der Waals surface area contributed by atoms with Gasteiger partial charge in [-0.1, -0.05) is 42.5 Å². The van der Waals surface area contributed by atoms with Gasteiger partial charge in [0.25, 0.3) is 11.8 Å². The van der Waals surface area contributed by atoms with Crippen molar-refractivity contribution in [2.24, 2.45) is 0 Å². The first-order valence-electron chi connectivity index (χ1n) is 9.62. The molecule has 30 heavy (non-hydrogen) atoms. The number of benzene rings is 3. The largest absolute Gasteiger partial charge is 0.480 e. The summed E-state index contributed by atoms with van der Waals surface area (Å²) in [6.45, 7) is 3.67.